The fourth-order valence-corrected chi connectivity index (χ4v) is 3.13. The molecule has 0 aliphatic rings. The Morgan fingerprint density at radius 1 is 1.30 bits per heavy atom. The van der Waals surface area contributed by atoms with Crippen molar-refractivity contribution >= 4 is 28.8 Å². The lowest BCUT2D eigenvalue weighted by atomic mass is 10.2. The van der Waals surface area contributed by atoms with Crippen LogP contribution in [0, 0.1) is 6.92 Å². The van der Waals surface area contributed by atoms with Crippen LogP contribution in [0.25, 0.3) is 0 Å². The third-order valence-corrected chi connectivity index (χ3v) is 4.37. The van der Waals surface area contributed by atoms with Gasteiger partial charge in [-0.25, -0.2) is 4.98 Å². The quantitative estimate of drug-likeness (QED) is 0.878. The monoisotopic (exact) mass is 309 g/mol. The molecule has 0 saturated carbocycles. The standard InChI is InChI=1S/C15H20ClN3S/c1-4-17-9-12-5-8-15(18-11(12)2)19(3)10-13-6-7-14(16)20-13/h5-8,17H,4,9-10H2,1-3H3. The van der Waals surface area contributed by atoms with Crippen molar-refractivity contribution in [3.8, 4) is 0 Å². The molecule has 0 fully saturated rings. The van der Waals surface area contributed by atoms with Gasteiger partial charge in [0.05, 0.1) is 10.9 Å². The summed E-state index contributed by atoms with van der Waals surface area (Å²) >= 11 is 7.58. The van der Waals surface area contributed by atoms with Gasteiger partial charge in [0, 0.05) is 24.2 Å². The molecule has 0 aromatic carbocycles. The second kappa shape index (κ2) is 7.07. The third-order valence-electron chi connectivity index (χ3n) is 3.16. The number of pyridine rings is 1. The Kier molecular flexibility index (Phi) is 5.40. The smallest absolute Gasteiger partial charge is 0.128 e. The summed E-state index contributed by atoms with van der Waals surface area (Å²) in [6.45, 7) is 6.85. The fraction of sp³-hybridized carbons (Fsp3) is 0.400. The summed E-state index contributed by atoms with van der Waals surface area (Å²) in [7, 11) is 2.05. The summed E-state index contributed by atoms with van der Waals surface area (Å²) in [6.07, 6.45) is 0. The van der Waals surface area contributed by atoms with Crippen LogP contribution in [-0.4, -0.2) is 18.6 Å². The first-order valence-corrected chi connectivity index (χ1v) is 7.92. The third kappa shape index (κ3) is 3.95. The maximum atomic E-state index is 5.96. The molecule has 2 aromatic rings. The molecule has 0 aliphatic heterocycles. The number of aryl methyl sites for hydroxylation is 1. The summed E-state index contributed by atoms with van der Waals surface area (Å²) in [6, 6.07) is 8.23. The predicted molar refractivity (Wildman–Crippen MR) is 87.8 cm³/mol. The van der Waals surface area contributed by atoms with E-state index in [1.807, 2.05) is 6.07 Å². The molecule has 0 saturated heterocycles. The summed E-state index contributed by atoms with van der Waals surface area (Å²) < 4.78 is 0.832. The molecule has 0 amide bonds. The molecule has 3 nitrogen and oxygen atoms in total. The first-order valence-electron chi connectivity index (χ1n) is 6.72. The van der Waals surface area contributed by atoms with E-state index >= 15 is 0 Å². The fourth-order valence-electron chi connectivity index (χ4n) is 1.99. The lowest BCUT2D eigenvalue weighted by Crippen LogP contribution is -2.18. The molecule has 2 heterocycles. The highest BCUT2D eigenvalue weighted by Gasteiger charge is 2.08. The second-order valence-corrected chi connectivity index (χ2v) is 6.56. The van der Waals surface area contributed by atoms with Crippen molar-refractivity contribution in [3.63, 3.8) is 0 Å². The molecular weight excluding hydrogens is 290 g/mol. The largest absolute Gasteiger partial charge is 0.355 e. The lowest BCUT2D eigenvalue weighted by molar-refractivity contribution is 0.719. The first kappa shape index (κ1) is 15.3. The number of anilines is 1. The van der Waals surface area contributed by atoms with Gasteiger partial charge in [-0.1, -0.05) is 24.6 Å². The van der Waals surface area contributed by atoms with Crippen LogP contribution in [0.1, 0.15) is 23.1 Å². The summed E-state index contributed by atoms with van der Waals surface area (Å²) in [5.41, 5.74) is 2.34. The van der Waals surface area contributed by atoms with Crippen LogP contribution in [0.2, 0.25) is 4.34 Å². The zero-order valence-electron chi connectivity index (χ0n) is 12.1. The van der Waals surface area contributed by atoms with E-state index in [9.17, 15) is 0 Å². The molecule has 5 heteroatoms. The predicted octanol–water partition coefficient (Wildman–Crippen LogP) is 3.85. The Hall–Kier alpha value is -1.10. The Morgan fingerprint density at radius 2 is 2.10 bits per heavy atom. The molecular formula is C15H20ClN3S. The molecule has 0 unspecified atom stereocenters. The minimum absolute atomic E-state index is 0.830. The maximum absolute atomic E-state index is 5.96. The number of rotatable bonds is 6. The summed E-state index contributed by atoms with van der Waals surface area (Å²) in [4.78, 5) is 8.08. The number of hydrogen-bond acceptors (Lipinski definition) is 4. The van der Waals surface area contributed by atoms with Crippen LogP contribution in [-0.2, 0) is 13.1 Å². The van der Waals surface area contributed by atoms with Crippen LogP contribution in [0.3, 0.4) is 0 Å². The Balaban J connectivity index is 2.06. The normalized spacial score (nSPS) is 10.8. The molecule has 20 heavy (non-hydrogen) atoms. The number of nitrogens with one attached hydrogen (secondary N) is 1. The number of hydrogen-bond donors (Lipinski definition) is 1. The van der Waals surface area contributed by atoms with Crippen molar-refractivity contribution in [1.29, 1.82) is 0 Å². The van der Waals surface area contributed by atoms with Gasteiger partial charge in [0.15, 0.2) is 0 Å². The van der Waals surface area contributed by atoms with Gasteiger partial charge in [0.25, 0.3) is 0 Å². The number of nitrogens with zero attached hydrogens (tertiary/aromatic N) is 2. The van der Waals surface area contributed by atoms with E-state index < -0.39 is 0 Å². The van der Waals surface area contributed by atoms with E-state index in [4.69, 9.17) is 11.6 Å². The van der Waals surface area contributed by atoms with E-state index in [-0.39, 0.29) is 0 Å². The molecule has 0 radical (unpaired) electrons. The Labute approximate surface area is 129 Å². The minimum atomic E-state index is 0.830. The van der Waals surface area contributed by atoms with E-state index in [0.717, 1.165) is 35.5 Å². The Bertz CT molecular complexity index is 568. The van der Waals surface area contributed by atoms with Gasteiger partial charge in [-0.05, 0) is 37.2 Å². The summed E-state index contributed by atoms with van der Waals surface area (Å²) in [5, 5.41) is 3.33. The molecule has 0 atom stereocenters. The zero-order chi connectivity index (χ0) is 14.5. The van der Waals surface area contributed by atoms with Gasteiger partial charge in [-0.15, -0.1) is 11.3 Å². The molecule has 0 spiro atoms. The molecule has 2 aromatic heterocycles. The van der Waals surface area contributed by atoms with E-state index in [2.05, 4.69) is 54.3 Å². The second-order valence-electron chi connectivity index (χ2n) is 4.76. The van der Waals surface area contributed by atoms with E-state index in [1.54, 1.807) is 11.3 Å². The average Bonchev–Trinajstić information content (AvgIpc) is 2.82. The van der Waals surface area contributed by atoms with Crippen LogP contribution in [0.5, 0.6) is 0 Å². The SMILES string of the molecule is CCNCc1ccc(N(C)Cc2ccc(Cl)s2)nc1C. The first-order chi connectivity index (χ1) is 9.60. The van der Waals surface area contributed by atoms with Crippen molar-refractivity contribution in [3.05, 3.63) is 44.7 Å². The highest BCUT2D eigenvalue weighted by molar-refractivity contribution is 7.16. The van der Waals surface area contributed by atoms with Crippen LogP contribution in [0.15, 0.2) is 24.3 Å². The van der Waals surface area contributed by atoms with Crippen molar-refractivity contribution in [2.24, 2.45) is 0 Å². The number of halogens is 1. The highest BCUT2D eigenvalue weighted by Crippen LogP contribution is 2.24. The topological polar surface area (TPSA) is 28.2 Å². The van der Waals surface area contributed by atoms with Gasteiger partial charge >= 0.3 is 0 Å². The number of aromatic nitrogens is 1. The number of thiophene rings is 1. The molecule has 1 N–H and O–H groups in total. The van der Waals surface area contributed by atoms with Crippen molar-refractivity contribution in [1.82, 2.24) is 10.3 Å². The molecule has 108 valence electrons. The summed E-state index contributed by atoms with van der Waals surface area (Å²) in [5.74, 6) is 0.993. The lowest BCUT2D eigenvalue weighted by Gasteiger charge is -2.18. The van der Waals surface area contributed by atoms with Gasteiger partial charge in [0.2, 0.25) is 0 Å². The molecule has 0 aliphatic carbocycles. The van der Waals surface area contributed by atoms with E-state index in [1.165, 1.54) is 10.4 Å². The van der Waals surface area contributed by atoms with Gasteiger partial charge in [-0.2, -0.15) is 0 Å². The van der Waals surface area contributed by atoms with Gasteiger partial charge in [-0.3, -0.25) is 0 Å². The minimum Gasteiger partial charge on any atom is -0.355 e. The molecule has 0 bridgehead atoms. The van der Waals surface area contributed by atoms with Crippen molar-refractivity contribution < 1.29 is 0 Å². The zero-order valence-corrected chi connectivity index (χ0v) is 13.7. The highest BCUT2D eigenvalue weighted by atomic mass is 35.5. The van der Waals surface area contributed by atoms with Crippen molar-refractivity contribution in [2.75, 3.05) is 18.5 Å². The van der Waals surface area contributed by atoms with Crippen LogP contribution >= 0.6 is 22.9 Å². The van der Waals surface area contributed by atoms with Crippen molar-refractivity contribution in [2.45, 2.75) is 26.9 Å². The van der Waals surface area contributed by atoms with E-state index in [0.29, 0.717) is 0 Å². The Morgan fingerprint density at radius 3 is 2.70 bits per heavy atom. The van der Waals surface area contributed by atoms with Crippen LogP contribution in [0.4, 0.5) is 5.82 Å². The maximum Gasteiger partial charge on any atom is 0.128 e. The average molecular weight is 310 g/mol. The van der Waals surface area contributed by atoms with Gasteiger partial charge in [0.1, 0.15) is 5.82 Å². The molecule has 2 rings (SSSR count). The van der Waals surface area contributed by atoms with Crippen LogP contribution < -0.4 is 10.2 Å². The van der Waals surface area contributed by atoms with Gasteiger partial charge < -0.3 is 10.2 Å².